The van der Waals surface area contributed by atoms with E-state index in [0.717, 1.165) is 0 Å². The molecular formula is C12H22N2O3S. The van der Waals surface area contributed by atoms with Crippen molar-refractivity contribution in [2.45, 2.75) is 30.6 Å². The Morgan fingerprint density at radius 3 is 2.39 bits per heavy atom. The first-order chi connectivity index (χ1) is 8.19. The molecule has 1 amide bonds. The van der Waals surface area contributed by atoms with Crippen molar-refractivity contribution in [3.63, 3.8) is 0 Å². The van der Waals surface area contributed by atoms with Gasteiger partial charge in [0.2, 0.25) is 5.91 Å². The number of carbonyl (C=O) groups is 1. The fourth-order valence-corrected chi connectivity index (χ4v) is 3.56. The number of nitrogens with zero attached hydrogens (tertiary/aromatic N) is 1. The summed E-state index contributed by atoms with van der Waals surface area (Å²) < 4.78 is 22.6. The molecule has 0 saturated heterocycles. The van der Waals surface area contributed by atoms with Gasteiger partial charge in [0.1, 0.15) is 0 Å². The highest BCUT2D eigenvalue weighted by atomic mass is 32.2. The van der Waals surface area contributed by atoms with Crippen molar-refractivity contribution >= 4 is 15.7 Å². The van der Waals surface area contributed by atoms with E-state index < -0.39 is 14.6 Å². The van der Waals surface area contributed by atoms with Crippen molar-refractivity contribution in [2.75, 3.05) is 26.9 Å². The molecule has 6 heteroatoms. The molecule has 0 bridgehead atoms. The number of sulfone groups is 1. The Kier molecular flexibility index (Phi) is 4.55. The predicted molar refractivity (Wildman–Crippen MR) is 72.1 cm³/mol. The molecule has 1 atom stereocenters. The van der Waals surface area contributed by atoms with Crippen LogP contribution in [0.5, 0.6) is 0 Å². The number of nitrogens with one attached hydrogen (secondary N) is 1. The van der Waals surface area contributed by atoms with E-state index in [-0.39, 0.29) is 11.9 Å². The summed E-state index contributed by atoms with van der Waals surface area (Å²) in [6.45, 7) is 2.44. The third-order valence-electron chi connectivity index (χ3n) is 3.37. The predicted octanol–water partition coefficient (Wildman–Crippen LogP) is 0.186. The standard InChI is InChI=1S/C12H22N2O3S/c1-10(12(7-8-12)18(4,16)17)13-11(15)6-5-9-14(2)3/h5-6,10H,7-9H2,1-4H3,(H,13,15)/b6-5+. The highest BCUT2D eigenvalue weighted by molar-refractivity contribution is 7.92. The maximum absolute atomic E-state index is 11.7. The Morgan fingerprint density at radius 1 is 1.44 bits per heavy atom. The molecule has 0 spiro atoms. The fourth-order valence-electron chi connectivity index (χ4n) is 2.01. The van der Waals surface area contributed by atoms with Crippen molar-refractivity contribution in [1.82, 2.24) is 10.2 Å². The number of hydrogen-bond acceptors (Lipinski definition) is 4. The summed E-state index contributed by atoms with van der Waals surface area (Å²) in [4.78, 5) is 13.6. The van der Waals surface area contributed by atoms with Gasteiger partial charge in [-0.1, -0.05) is 6.08 Å². The lowest BCUT2D eigenvalue weighted by atomic mass is 10.2. The van der Waals surface area contributed by atoms with Gasteiger partial charge in [-0.3, -0.25) is 4.79 Å². The van der Waals surface area contributed by atoms with Crippen molar-refractivity contribution < 1.29 is 13.2 Å². The monoisotopic (exact) mass is 274 g/mol. The van der Waals surface area contributed by atoms with Crippen LogP contribution in [-0.2, 0) is 14.6 Å². The van der Waals surface area contributed by atoms with E-state index in [1.807, 2.05) is 19.0 Å². The van der Waals surface area contributed by atoms with Crippen LogP contribution in [0, 0.1) is 0 Å². The topological polar surface area (TPSA) is 66.5 Å². The quantitative estimate of drug-likeness (QED) is 0.702. The van der Waals surface area contributed by atoms with E-state index in [1.54, 1.807) is 13.0 Å². The molecule has 0 aromatic carbocycles. The number of amides is 1. The van der Waals surface area contributed by atoms with Gasteiger partial charge in [0, 0.05) is 24.9 Å². The summed E-state index contributed by atoms with van der Waals surface area (Å²) in [6, 6.07) is -0.344. The summed E-state index contributed by atoms with van der Waals surface area (Å²) in [5.41, 5.74) is 0. The van der Waals surface area contributed by atoms with Crippen LogP contribution in [0.25, 0.3) is 0 Å². The third kappa shape index (κ3) is 3.55. The molecule has 1 saturated carbocycles. The fraction of sp³-hybridized carbons (Fsp3) is 0.750. The molecule has 1 aliphatic carbocycles. The lowest BCUT2D eigenvalue weighted by Crippen LogP contribution is -2.46. The van der Waals surface area contributed by atoms with Gasteiger partial charge in [0.25, 0.3) is 0 Å². The van der Waals surface area contributed by atoms with E-state index >= 15 is 0 Å². The summed E-state index contributed by atoms with van der Waals surface area (Å²) in [6.07, 6.45) is 5.71. The zero-order valence-electron chi connectivity index (χ0n) is 11.4. The van der Waals surface area contributed by atoms with Gasteiger partial charge in [-0.05, 0) is 33.9 Å². The van der Waals surface area contributed by atoms with Gasteiger partial charge in [-0.25, -0.2) is 8.42 Å². The van der Waals surface area contributed by atoms with Gasteiger partial charge < -0.3 is 10.2 Å². The maximum atomic E-state index is 11.7. The van der Waals surface area contributed by atoms with Gasteiger partial charge >= 0.3 is 0 Å². The van der Waals surface area contributed by atoms with E-state index in [1.165, 1.54) is 12.3 Å². The Balaban J connectivity index is 2.54. The first-order valence-corrected chi connectivity index (χ1v) is 7.89. The summed E-state index contributed by atoms with van der Waals surface area (Å²) in [5.74, 6) is -0.237. The van der Waals surface area contributed by atoms with Crippen LogP contribution in [0.2, 0.25) is 0 Å². The average molecular weight is 274 g/mol. The lowest BCUT2D eigenvalue weighted by Gasteiger charge is -2.22. The second-order valence-electron chi connectivity index (χ2n) is 5.23. The summed E-state index contributed by atoms with van der Waals surface area (Å²) in [5, 5.41) is 2.74. The van der Waals surface area contributed by atoms with Crippen molar-refractivity contribution in [3.8, 4) is 0 Å². The molecule has 0 aromatic heterocycles. The van der Waals surface area contributed by atoms with Crippen LogP contribution in [0.3, 0.4) is 0 Å². The molecule has 0 aliphatic heterocycles. The maximum Gasteiger partial charge on any atom is 0.243 e. The number of likely N-dealkylation sites (N-methyl/N-ethyl adjacent to an activating group) is 1. The molecule has 104 valence electrons. The highest BCUT2D eigenvalue weighted by Gasteiger charge is 2.56. The minimum absolute atomic E-state index is 0.237. The second kappa shape index (κ2) is 5.40. The molecule has 5 nitrogen and oxygen atoms in total. The Bertz CT molecular complexity index is 436. The summed E-state index contributed by atoms with van der Waals surface area (Å²) in [7, 11) is 0.704. The SMILES string of the molecule is CC(NC(=O)/C=C/CN(C)C)C1(S(C)(=O)=O)CC1. The number of hydrogen-bond donors (Lipinski definition) is 1. The van der Waals surface area contributed by atoms with Crippen molar-refractivity contribution in [3.05, 3.63) is 12.2 Å². The van der Waals surface area contributed by atoms with E-state index in [9.17, 15) is 13.2 Å². The first-order valence-electron chi connectivity index (χ1n) is 6.00. The smallest absolute Gasteiger partial charge is 0.243 e. The lowest BCUT2D eigenvalue weighted by molar-refractivity contribution is -0.117. The van der Waals surface area contributed by atoms with Crippen molar-refractivity contribution in [2.24, 2.45) is 0 Å². The Hall–Kier alpha value is -0.880. The van der Waals surface area contributed by atoms with Gasteiger partial charge in [-0.2, -0.15) is 0 Å². The Morgan fingerprint density at radius 2 is 2.00 bits per heavy atom. The zero-order valence-corrected chi connectivity index (χ0v) is 12.3. The molecule has 1 N–H and O–H groups in total. The van der Waals surface area contributed by atoms with E-state index in [0.29, 0.717) is 19.4 Å². The van der Waals surface area contributed by atoms with Crippen LogP contribution < -0.4 is 5.32 Å². The third-order valence-corrected chi connectivity index (χ3v) is 5.61. The van der Waals surface area contributed by atoms with Crippen LogP contribution >= 0.6 is 0 Å². The molecule has 1 aliphatic rings. The van der Waals surface area contributed by atoms with Crippen LogP contribution in [0.4, 0.5) is 0 Å². The zero-order chi connectivity index (χ0) is 14.0. The molecule has 0 radical (unpaired) electrons. The molecule has 1 rings (SSSR count). The second-order valence-corrected chi connectivity index (χ2v) is 7.59. The normalized spacial score (nSPS) is 20.1. The minimum atomic E-state index is -3.12. The average Bonchev–Trinajstić information content (AvgIpc) is 2.95. The molecular weight excluding hydrogens is 252 g/mol. The molecule has 0 heterocycles. The molecule has 18 heavy (non-hydrogen) atoms. The Labute approximate surface area is 109 Å². The van der Waals surface area contributed by atoms with Gasteiger partial charge in [0.05, 0.1) is 4.75 Å². The number of rotatable bonds is 6. The van der Waals surface area contributed by atoms with Gasteiger partial charge in [-0.15, -0.1) is 0 Å². The molecule has 1 unspecified atom stereocenters. The highest BCUT2D eigenvalue weighted by Crippen LogP contribution is 2.45. The molecule has 0 aromatic rings. The van der Waals surface area contributed by atoms with E-state index in [4.69, 9.17) is 0 Å². The summed E-state index contributed by atoms with van der Waals surface area (Å²) >= 11 is 0. The van der Waals surface area contributed by atoms with Crippen LogP contribution in [0.1, 0.15) is 19.8 Å². The van der Waals surface area contributed by atoms with Crippen molar-refractivity contribution in [1.29, 1.82) is 0 Å². The van der Waals surface area contributed by atoms with Crippen LogP contribution in [0.15, 0.2) is 12.2 Å². The van der Waals surface area contributed by atoms with Crippen LogP contribution in [-0.4, -0.2) is 56.9 Å². The van der Waals surface area contributed by atoms with E-state index in [2.05, 4.69) is 5.32 Å². The van der Waals surface area contributed by atoms with Gasteiger partial charge in [0.15, 0.2) is 9.84 Å². The number of carbonyl (C=O) groups excluding carboxylic acids is 1. The largest absolute Gasteiger partial charge is 0.349 e. The minimum Gasteiger partial charge on any atom is -0.349 e. The first kappa shape index (κ1) is 15.2. The molecule has 1 fully saturated rings.